The van der Waals surface area contributed by atoms with E-state index in [1.54, 1.807) is 0 Å². The molecule has 0 aliphatic heterocycles. The van der Waals surface area contributed by atoms with Crippen LogP contribution in [-0.2, 0) is 45.4 Å². The Morgan fingerprint density at radius 1 is 0.520 bits per heavy atom. The van der Waals surface area contributed by atoms with E-state index in [2.05, 4.69) is 0 Å². The first-order chi connectivity index (χ1) is 9.20. The van der Waals surface area contributed by atoms with Crippen LogP contribution in [0.2, 0.25) is 0 Å². The van der Waals surface area contributed by atoms with Gasteiger partial charge < -0.3 is 42.3 Å². The summed E-state index contributed by atoms with van der Waals surface area (Å²) in [6, 6.07) is 0. The van der Waals surface area contributed by atoms with Gasteiger partial charge in [0.05, 0.1) is 26.2 Å². The predicted molar refractivity (Wildman–Crippen MR) is 77.9 cm³/mol. The second-order valence-electron chi connectivity index (χ2n) is 4.00. The molecule has 0 saturated carbocycles. The molecule has 150 valence electrons. The van der Waals surface area contributed by atoms with E-state index in [1.165, 1.54) is 0 Å². The molecule has 0 radical (unpaired) electrons. The average molecular weight is 456 g/mol. The van der Waals surface area contributed by atoms with Gasteiger partial charge in [0.1, 0.15) is 0 Å². The van der Waals surface area contributed by atoms with Crippen LogP contribution in [0.4, 0.5) is 0 Å². The van der Waals surface area contributed by atoms with Crippen molar-refractivity contribution in [1.29, 1.82) is 0 Å². The molecule has 25 heavy (non-hydrogen) atoms. The molecule has 0 atom stereocenters. The smallest absolute Gasteiger partial charge is 0.317 e. The summed E-state index contributed by atoms with van der Waals surface area (Å²) >= 11 is 0. The van der Waals surface area contributed by atoms with Gasteiger partial charge in [-0.15, -0.1) is 0 Å². The molecule has 0 spiro atoms. The minimum absolute atomic E-state index is 0. The summed E-state index contributed by atoms with van der Waals surface area (Å²) in [6.45, 7) is -2.25. The van der Waals surface area contributed by atoms with Gasteiger partial charge in [0, 0.05) is 39.3 Å². The molecule has 15 heteroatoms. The van der Waals surface area contributed by atoms with Crippen molar-refractivity contribution < 1.29 is 87.7 Å². The first kappa shape index (κ1) is 38.9. The third-order valence-electron chi connectivity index (χ3n) is 2.17. The van der Waals surface area contributed by atoms with Gasteiger partial charge in [-0.1, -0.05) is 0 Å². The van der Waals surface area contributed by atoms with Gasteiger partial charge in [0.2, 0.25) is 0 Å². The van der Waals surface area contributed by atoms with E-state index in [1.807, 2.05) is 0 Å². The van der Waals surface area contributed by atoms with Gasteiger partial charge >= 0.3 is 23.9 Å². The molecule has 0 aromatic heterocycles. The second-order valence-corrected chi connectivity index (χ2v) is 4.00. The van der Waals surface area contributed by atoms with Gasteiger partial charge in [0.15, 0.2) is 0 Å². The van der Waals surface area contributed by atoms with Crippen LogP contribution in [0.5, 0.6) is 0 Å². The van der Waals surface area contributed by atoms with Crippen molar-refractivity contribution in [2.75, 3.05) is 39.3 Å². The van der Waals surface area contributed by atoms with Crippen molar-refractivity contribution in [3.63, 3.8) is 0 Å². The number of hydrogen-bond donors (Lipinski definition) is 4. The molecule has 0 aliphatic rings. The Labute approximate surface area is 161 Å². The maximum absolute atomic E-state index is 10.6. The topological polar surface area (TPSA) is 282 Å². The Hall–Kier alpha value is -1.48. The Morgan fingerprint density at radius 2 is 0.680 bits per heavy atom. The van der Waals surface area contributed by atoms with Crippen molar-refractivity contribution in [2.45, 2.75) is 0 Å². The molecular formula is C10H24N2O12Zr. The molecule has 0 saturated heterocycles. The molecule has 0 unspecified atom stereocenters. The van der Waals surface area contributed by atoms with Crippen LogP contribution >= 0.6 is 0 Å². The van der Waals surface area contributed by atoms with E-state index in [0.29, 0.717) is 0 Å². The van der Waals surface area contributed by atoms with Crippen LogP contribution in [-0.4, -0.2) is 115 Å². The standard InChI is InChI=1S/C10H16N2O8.4H2O.Zr/c13-7(14)3-11(4-8(15)16)1-2-12(5-9(17)18)6-10(19)20;;;;;/h1-6H2,(H,13,14)(H,15,16)(H,17,18)(H,19,20);4*1H2;. The van der Waals surface area contributed by atoms with Gasteiger partial charge in [-0.05, 0) is 0 Å². The van der Waals surface area contributed by atoms with E-state index in [9.17, 15) is 19.2 Å². The second kappa shape index (κ2) is 20.6. The largest absolute Gasteiger partial charge is 0.480 e. The average Bonchev–Trinajstić information content (AvgIpc) is 2.22. The third-order valence-corrected chi connectivity index (χ3v) is 2.17. The van der Waals surface area contributed by atoms with Crippen LogP contribution in [0, 0.1) is 0 Å². The van der Waals surface area contributed by atoms with Gasteiger partial charge in [-0.3, -0.25) is 29.0 Å². The minimum atomic E-state index is -1.23. The number of nitrogens with zero attached hydrogens (tertiary/aromatic N) is 2. The van der Waals surface area contributed by atoms with E-state index in [0.717, 1.165) is 9.80 Å². The van der Waals surface area contributed by atoms with Gasteiger partial charge in [-0.25, -0.2) is 0 Å². The molecular weight excluding hydrogens is 431 g/mol. The summed E-state index contributed by atoms with van der Waals surface area (Å²) in [5.74, 6) is -4.91. The number of carboxylic acids is 4. The summed E-state index contributed by atoms with van der Waals surface area (Å²) in [5.41, 5.74) is 0. The number of carboxylic acid groups (broad SMARTS) is 4. The summed E-state index contributed by atoms with van der Waals surface area (Å²) in [7, 11) is 0. The maximum atomic E-state index is 10.6. The zero-order valence-electron chi connectivity index (χ0n) is 13.1. The molecule has 0 aromatic rings. The Bertz CT molecular complexity index is 326. The Balaban J connectivity index is -0.000000180. The monoisotopic (exact) mass is 454 g/mol. The number of hydrogen-bond acceptors (Lipinski definition) is 6. The summed E-state index contributed by atoms with van der Waals surface area (Å²) in [4.78, 5) is 44.4. The molecule has 0 heterocycles. The number of aliphatic carboxylic acids is 4. The molecule has 0 fully saturated rings. The molecule has 14 nitrogen and oxygen atoms in total. The molecule has 0 aliphatic carbocycles. The van der Waals surface area contributed by atoms with E-state index in [4.69, 9.17) is 20.4 Å². The fourth-order valence-electron chi connectivity index (χ4n) is 1.48. The third kappa shape index (κ3) is 24.9. The predicted octanol–water partition coefficient (Wildman–Crippen LogP) is -5.37. The van der Waals surface area contributed by atoms with Crippen molar-refractivity contribution in [1.82, 2.24) is 9.80 Å². The Kier molecular flexibility index (Phi) is 32.0. The molecule has 0 aromatic carbocycles. The van der Waals surface area contributed by atoms with Crippen LogP contribution in [0.1, 0.15) is 0 Å². The van der Waals surface area contributed by atoms with Gasteiger partial charge in [0.25, 0.3) is 0 Å². The minimum Gasteiger partial charge on any atom is -0.480 e. The summed E-state index contributed by atoms with van der Waals surface area (Å²) in [5, 5.41) is 34.5. The van der Waals surface area contributed by atoms with Crippen molar-refractivity contribution in [2.24, 2.45) is 0 Å². The first-order valence-electron chi connectivity index (χ1n) is 5.52. The fourth-order valence-corrected chi connectivity index (χ4v) is 1.48. The molecule has 12 N–H and O–H groups in total. The molecule has 0 bridgehead atoms. The van der Waals surface area contributed by atoms with Crippen molar-refractivity contribution in [3.05, 3.63) is 0 Å². The first-order valence-corrected chi connectivity index (χ1v) is 5.52. The summed E-state index contributed by atoms with van der Waals surface area (Å²) < 4.78 is 0. The van der Waals surface area contributed by atoms with Crippen LogP contribution in [0.15, 0.2) is 0 Å². The number of rotatable bonds is 11. The van der Waals surface area contributed by atoms with E-state index >= 15 is 0 Å². The van der Waals surface area contributed by atoms with Crippen molar-refractivity contribution in [3.8, 4) is 0 Å². The maximum Gasteiger partial charge on any atom is 0.317 e. The van der Waals surface area contributed by atoms with E-state index < -0.39 is 50.1 Å². The Morgan fingerprint density at radius 3 is 0.800 bits per heavy atom. The quantitative estimate of drug-likeness (QED) is 0.229. The fraction of sp³-hybridized carbons (Fsp3) is 0.600. The molecule has 0 amide bonds. The number of carbonyl (C=O) groups is 4. The van der Waals surface area contributed by atoms with Crippen LogP contribution in [0.25, 0.3) is 0 Å². The normalized spacial score (nSPS) is 8.56. The van der Waals surface area contributed by atoms with Crippen LogP contribution < -0.4 is 0 Å². The van der Waals surface area contributed by atoms with Crippen LogP contribution in [0.3, 0.4) is 0 Å². The zero-order valence-corrected chi connectivity index (χ0v) is 15.5. The van der Waals surface area contributed by atoms with Crippen molar-refractivity contribution >= 4 is 23.9 Å². The van der Waals surface area contributed by atoms with E-state index in [-0.39, 0.29) is 61.2 Å². The van der Waals surface area contributed by atoms with Gasteiger partial charge in [-0.2, -0.15) is 0 Å². The SMILES string of the molecule is O.O.O.O.O=C(O)CN(CCN(CC(=O)O)CC(=O)O)CC(=O)O.[Zr]. The molecule has 0 rings (SSSR count). The summed E-state index contributed by atoms with van der Waals surface area (Å²) in [6.07, 6.45) is 0. The zero-order chi connectivity index (χ0) is 15.7.